The molecule has 2 heterocycles. The SMILES string of the molecule is Cc1nc(CC(O)c2cn[nH]c2-c2ccccc2)sc1C. The second-order valence-corrected chi connectivity index (χ2v) is 6.32. The van der Waals surface area contributed by atoms with Gasteiger partial charge in [0.1, 0.15) is 0 Å². The quantitative estimate of drug-likeness (QED) is 0.776. The molecule has 0 fully saturated rings. The van der Waals surface area contributed by atoms with Crippen LogP contribution in [0.25, 0.3) is 11.3 Å². The molecule has 0 bridgehead atoms. The molecule has 0 aliphatic rings. The second-order valence-electron chi connectivity index (χ2n) is 5.04. The Morgan fingerprint density at radius 3 is 2.67 bits per heavy atom. The summed E-state index contributed by atoms with van der Waals surface area (Å²) in [5.41, 5.74) is 3.74. The van der Waals surface area contributed by atoms with Gasteiger partial charge in [-0.15, -0.1) is 11.3 Å². The fourth-order valence-electron chi connectivity index (χ4n) is 2.29. The zero-order valence-electron chi connectivity index (χ0n) is 12.0. The van der Waals surface area contributed by atoms with Crippen molar-refractivity contribution in [3.63, 3.8) is 0 Å². The van der Waals surface area contributed by atoms with Crippen molar-refractivity contribution in [1.29, 1.82) is 0 Å². The lowest BCUT2D eigenvalue weighted by Gasteiger charge is -2.09. The molecule has 0 saturated heterocycles. The van der Waals surface area contributed by atoms with Crippen molar-refractivity contribution >= 4 is 11.3 Å². The third-order valence-electron chi connectivity index (χ3n) is 3.53. The van der Waals surface area contributed by atoms with Gasteiger partial charge >= 0.3 is 0 Å². The molecule has 1 atom stereocenters. The van der Waals surface area contributed by atoms with Gasteiger partial charge in [0.05, 0.1) is 28.7 Å². The van der Waals surface area contributed by atoms with Crippen LogP contribution in [-0.4, -0.2) is 20.3 Å². The molecule has 0 aliphatic carbocycles. The maximum absolute atomic E-state index is 10.5. The van der Waals surface area contributed by atoms with E-state index in [0.717, 1.165) is 27.5 Å². The summed E-state index contributed by atoms with van der Waals surface area (Å²) in [6, 6.07) is 9.92. The van der Waals surface area contributed by atoms with E-state index in [1.807, 2.05) is 37.3 Å². The molecule has 1 unspecified atom stereocenters. The standard InChI is InChI=1S/C16H17N3OS/c1-10-11(2)21-15(18-10)8-14(20)13-9-17-19-16(13)12-6-4-3-5-7-12/h3-7,9,14,20H,8H2,1-2H3,(H,17,19). The van der Waals surface area contributed by atoms with Gasteiger partial charge in [-0.1, -0.05) is 30.3 Å². The van der Waals surface area contributed by atoms with Gasteiger partial charge in [-0.25, -0.2) is 4.98 Å². The van der Waals surface area contributed by atoms with E-state index in [0.29, 0.717) is 6.42 Å². The van der Waals surface area contributed by atoms with Gasteiger partial charge in [-0.05, 0) is 19.4 Å². The molecule has 5 heteroatoms. The predicted octanol–water partition coefficient (Wildman–Crippen LogP) is 3.43. The monoisotopic (exact) mass is 299 g/mol. The molecular formula is C16H17N3OS. The summed E-state index contributed by atoms with van der Waals surface area (Å²) >= 11 is 1.64. The Morgan fingerprint density at radius 1 is 1.24 bits per heavy atom. The Hall–Kier alpha value is -1.98. The van der Waals surface area contributed by atoms with E-state index in [4.69, 9.17) is 0 Å². The average molecular weight is 299 g/mol. The first-order chi connectivity index (χ1) is 10.1. The summed E-state index contributed by atoms with van der Waals surface area (Å²) in [4.78, 5) is 5.69. The Morgan fingerprint density at radius 2 is 2.00 bits per heavy atom. The van der Waals surface area contributed by atoms with E-state index in [-0.39, 0.29) is 0 Å². The molecule has 0 spiro atoms. The largest absolute Gasteiger partial charge is 0.388 e. The van der Waals surface area contributed by atoms with Crippen molar-refractivity contribution in [3.05, 3.63) is 57.7 Å². The van der Waals surface area contributed by atoms with Crippen LogP contribution in [0.15, 0.2) is 36.5 Å². The number of hydrogen-bond donors (Lipinski definition) is 2. The van der Waals surface area contributed by atoms with E-state index >= 15 is 0 Å². The number of thiazole rings is 1. The number of H-pyrrole nitrogens is 1. The molecular weight excluding hydrogens is 282 g/mol. The lowest BCUT2D eigenvalue weighted by Crippen LogP contribution is -2.02. The van der Waals surface area contributed by atoms with E-state index in [2.05, 4.69) is 22.1 Å². The van der Waals surface area contributed by atoms with Crippen LogP contribution in [0.1, 0.15) is 27.2 Å². The van der Waals surface area contributed by atoms with Gasteiger partial charge in [0.2, 0.25) is 0 Å². The molecule has 0 aliphatic heterocycles. The first-order valence-corrected chi connectivity index (χ1v) is 7.66. The van der Waals surface area contributed by atoms with Crippen molar-refractivity contribution in [2.45, 2.75) is 26.4 Å². The van der Waals surface area contributed by atoms with Crippen molar-refractivity contribution in [1.82, 2.24) is 15.2 Å². The van der Waals surface area contributed by atoms with Crippen LogP contribution in [0.4, 0.5) is 0 Å². The summed E-state index contributed by atoms with van der Waals surface area (Å²) < 4.78 is 0. The highest BCUT2D eigenvalue weighted by Gasteiger charge is 2.18. The summed E-state index contributed by atoms with van der Waals surface area (Å²) in [6.45, 7) is 4.05. The Labute approximate surface area is 127 Å². The Balaban J connectivity index is 1.86. The maximum Gasteiger partial charge on any atom is 0.0960 e. The van der Waals surface area contributed by atoms with E-state index in [1.165, 1.54) is 4.88 Å². The number of nitrogens with zero attached hydrogens (tertiary/aromatic N) is 2. The minimum absolute atomic E-state index is 0.513. The van der Waals surface area contributed by atoms with Crippen LogP contribution in [-0.2, 0) is 6.42 Å². The molecule has 4 nitrogen and oxygen atoms in total. The molecule has 0 radical (unpaired) electrons. The number of aromatic nitrogens is 3. The molecule has 2 aromatic heterocycles. The third kappa shape index (κ3) is 2.89. The lowest BCUT2D eigenvalue weighted by atomic mass is 10.0. The molecule has 108 valence electrons. The van der Waals surface area contributed by atoms with Gasteiger partial charge < -0.3 is 5.11 Å². The Kier molecular flexibility index (Phi) is 3.86. The van der Waals surface area contributed by atoms with Gasteiger partial charge in [0.25, 0.3) is 0 Å². The van der Waals surface area contributed by atoms with Crippen molar-refractivity contribution in [2.75, 3.05) is 0 Å². The normalized spacial score (nSPS) is 12.5. The molecule has 3 rings (SSSR count). The van der Waals surface area contributed by atoms with Crippen molar-refractivity contribution in [3.8, 4) is 11.3 Å². The smallest absolute Gasteiger partial charge is 0.0960 e. The molecule has 0 amide bonds. The van der Waals surface area contributed by atoms with Crippen LogP contribution >= 0.6 is 11.3 Å². The summed E-state index contributed by atoms with van der Waals surface area (Å²) in [5.74, 6) is 0. The number of aryl methyl sites for hydroxylation is 2. The number of hydrogen-bond acceptors (Lipinski definition) is 4. The minimum Gasteiger partial charge on any atom is -0.388 e. The predicted molar refractivity (Wildman–Crippen MR) is 84.3 cm³/mol. The summed E-state index contributed by atoms with van der Waals surface area (Å²) in [6.07, 6.45) is 1.60. The number of aliphatic hydroxyl groups excluding tert-OH is 1. The van der Waals surface area contributed by atoms with Crippen LogP contribution in [0.2, 0.25) is 0 Å². The van der Waals surface area contributed by atoms with Crippen molar-refractivity contribution < 1.29 is 5.11 Å². The number of aliphatic hydroxyl groups is 1. The lowest BCUT2D eigenvalue weighted by molar-refractivity contribution is 0.179. The van der Waals surface area contributed by atoms with Crippen LogP contribution in [0.5, 0.6) is 0 Å². The average Bonchev–Trinajstić information content (AvgIpc) is 3.07. The Bertz CT molecular complexity index is 714. The number of benzene rings is 1. The molecule has 1 aromatic carbocycles. The van der Waals surface area contributed by atoms with Gasteiger partial charge in [0.15, 0.2) is 0 Å². The zero-order chi connectivity index (χ0) is 14.8. The highest BCUT2D eigenvalue weighted by Crippen LogP contribution is 2.29. The maximum atomic E-state index is 10.5. The van der Waals surface area contributed by atoms with E-state index in [9.17, 15) is 5.11 Å². The molecule has 3 aromatic rings. The highest BCUT2D eigenvalue weighted by atomic mass is 32.1. The zero-order valence-corrected chi connectivity index (χ0v) is 12.8. The minimum atomic E-state index is -0.607. The van der Waals surface area contributed by atoms with Gasteiger partial charge in [0, 0.05) is 16.9 Å². The molecule has 21 heavy (non-hydrogen) atoms. The first-order valence-electron chi connectivity index (χ1n) is 6.85. The molecule has 0 saturated carbocycles. The van der Waals surface area contributed by atoms with Crippen LogP contribution in [0, 0.1) is 13.8 Å². The number of nitrogens with one attached hydrogen (secondary N) is 1. The summed E-state index contributed by atoms with van der Waals surface area (Å²) in [5, 5.41) is 18.5. The van der Waals surface area contributed by atoms with E-state index < -0.39 is 6.10 Å². The second kappa shape index (κ2) is 5.79. The van der Waals surface area contributed by atoms with Crippen LogP contribution in [0.3, 0.4) is 0 Å². The van der Waals surface area contributed by atoms with Gasteiger partial charge in [-0.3, -0.25) is 5.10 Å². The van der Waals surface area contributed by atoms with E-state index in [1.54, 1.807) is 17.5 Å². The fraction of sp³-hybridized carbons (Fsp3) is 0.250. The molecule has 2 N–H and O–H groups in total. The third-order valence-corrected chi connectivity index (χ3v) is 4.63. The van der Waals surface area contributed by atoms with Crippen molar-refractivity contribution in [2.24, 2.45) is 0 Å². The highest BCUT2D eigenvalue weighted by molar-refractivity contribution is 7.11. The number of rotatable bonds is 4. The van der Waals surface area contributed by atoms with Crippen LogP contribution < -0.4 is 0 Å². The summed E-state index contributed by atoms with van der Waals surface area (Å²) in [7, 11) is 0. The van der Waals surface area contributed by atoms with Gasteiger partial charge in [-0.2, -0.15) is 5.10 Å². The first kappa shape index (κ1) is 14.0. The topological polar surface area (TPSA) is 61.8 Å². The number of aromatic amines is 1. The fourth-order valence-corrected chi connectivity index (χ4v) is 3.26.